The van der Waals surface area contributed by atoms with E-state index in [0.717, 1.165) is 61.2 Å². The minimum Gasteiger partial charge on any atom is -0.309 e. The number of nitrogens with zero attached hydrogens (tertiary/aromatic N) is 5. The van der Waals surface area contributed by atoms with Crippen molar-refractivity contribution in [2.75, 3.05) is 0 Å². The van der Waals surface area contributed by atoms with Gasteiger partial charge < -0.3 is 13.7 Å². The van der Waals surface area contributed by atoms with E-state index in [1.807, 2.05) is 0 Å². The van der Waals surface area contributed by atoms with Gasteiger partial charge in [0.05, 0.1) is 50.0 Å². The molecule has 10 aromatic carbocycles. The van der Waals surface area contributed by atoms with E-state index in [1.54, 1.807) is 0 Å². The Morgan fingerprint density at radius 3 is 1.57 bits per heavy atom. The molecule has 14 aromatic rings. The second kappa shape index (κ2) is 13.9. The first kappa shape index (κ1) is 35.8. The maximum absolute atomic E-state index is 5.45. The summed E-state index contributed by atoms with van der Waals surface area (Å²) >= 11 is 0. The van der Waals surface area contributed by atoms with E-state index in [4.69, 9.17) is 9.97 Å². The highest BCUT2D eigenvalue weighted by molar-refractivity contribution is 6.18. The molecule has 5 nitrogen and oxygen atoms in total. The summed E-state index contributed by atoms with van der Waals surface area (Å²) in [4.78, 5) is 10.7. The molecule has 5 heteroatoms. The molecule has 4 heterocycles. The van der Waals surface area contributed by atoms with Crippen molar-refractivity contribution in [1.29, 1.82) is 0 Å². The highest BCUT2D eigenvalue weighted by atomic mass is 15.0. The van der Waals surface area contributed by atoms with Crippen LogP contribution in [-0.2, 0) is 0 Å². The molecule has 0 radical (unpaired) electrons. The SMILES string of the molecule is c1ccc(-n2c3ccccc3c3c(-c4nc(-c5ccc(-n6c7ccccc7c7cc8cccc(-n9c%10ccccc%10c%10ccccc%109)c8cc76)cc5)nc5ccccc45)cccc32)cc1. The Kier molecular flexibility index (Phi) is 7.62. The van der Waals surface area contributed by atoms with Gasteiger partial charge in [0.1, 0.15) is 0 Å². The summed E-state index contributed by atoms with van der Waals surface area (Å²) in [6.07, 6.45) is 0. The normalized spacial score (nSPS) is 12.0. The van der Waals surface area contributed by atoms with Crippen LogP contribution in [0.1, 0.15) is 0 Å². The molecule has 14 rings (SSSR count). The molecular weight excluding hydrogens is 791 g/mol. The molecule has 0 saturated carbocycles. The van der Waals surface area contributed by atoms with Crippen LogP contribution >= 0.6 is 0 Å². The third-order valence-electron chi connectivity index (χ3n) is 13.4. The van der Waals surface area contributed by atoms with Crippen LogP contribution in [0.3, 0.4) is 0 Å². The standard InChI is InChI=1S/C60H37N5/c1-2-17-40(18-3-1)63-54-29-13-8-23-46(54)58-47(24-15-31-56(58)63)59-45-22-4-9-25-50(45)61-60(62-59)38-32-34-41(35-33-38)64-51-26-10-7-21-44(51)49-36-39-16-14-30-55(48(39)37-57(49)64)65-52-27-11-5-19-42(52)43-20-6-12-28-53(43)65/h1-37H. The summed E-state index contributed by atoms with van der Waals surface area (Å²) in [5.74, 6) is 0.693. The number of fused-ring (bicyclic) bond motifs is 11. The number of hydrogen-bond donors (Lipinski definition) is 0. The van der Waals surface area contributed by atoms with Crippen molar-refractivity contribution in [3.05, 3.63) is 224 Å². The Labute approximate surface area is 373 Å². The largest absolute Gasteiger partial charge is 0.309 e. The van der Waals surface area contributed by atoms with Crippen molar-refractivity contribution in [3.63, 3.8) is 0 Å². The molecule has 0 aliphatic rings. The molecule has 0 saturated heterocycles. The topological polar surface area (TPSA) is 40.6 Å². The molecule has 0 bridgehead atoms. The van der Waals surface area contributed by atoms with Crippen molar-refractivity contribution in [3.8, 4) is 39.7 Å². The maximum atomic E-state index is 5.45. The lowest BCUT2D eigenvalue weighted by Gasteiger charge is -2.14. The van der Waals surface area contributed by atoms with Gasteiger partial charge in [-0.25, -0.2) is 9.97 Å². The van der Waals surface area contributed by atoms with Gasteiger partial charge in [0, 0.05) is 65.6 Å². The average Bonchev–Trinajstić information content (AvgIpc) is 4.01. The van der Waals surface area contributed by atoms with Crippen LogP contribution < -0.4 is 0 Å². The third-order valence-corrected chi connectivity index (χ3v) is 13.4. The molecule has 0 spiro atoms. The van der Waals surface area contributed by atoms with Crippen LogP contribution in [0.15, 0.2) is 224 Å². The number of hydrogen-bond acceptors (Lipinski definition) is 2. The number of benzene rings is 10. The van der Waals surface area contributed by atoms with E-state index in [-0.39, 0.29) is 0 Å². The summed E-state index contributed by atoms with van der Waals surface area (Å²) < 4.78 is 7.20. The molecule has 0 unspecified atom stereocenters. The van der Waals surface area contributed by atoms with Gasteiger partial charge in [-0.2, -0.15) is 0 Å². The van der Waals surface area contributed by atoms with Gasteiger partial charge in [0.25, 0.3) is 0 Å². The van der Waals surface area contributed by atoms with E-state index in [9.17, 15) is 0 Å². The van der Waals surface area contributed by atoms with Crippen molar-refractivity contribution < 1.29 is 0 Å². The molecular formula is C60H37N5. The third kappa shape index (κ3) is 5.27. The summed E-state index contributed by atoms with van der Waals surface area (Å²) in [7, 11) is 0. The van der Waals surface area contributed by atoms with E-state index in [1.165, 1.54) is 59.8 Å². The van der Waals surface area contributed by atoms with E-state index in [2.05, 4.69) is 238 Å². The minimum absolute atomic E-state index is 0.693. The Morgan fingerprint density at radius 2 is 0.846 bits per heavy atom. The van der Waals surface area contributed by atoms with Gasteiger partial charge in [0.2, 0.25) is 0 Å². The fourth-order valence-corrected chi connectivity index (χ4v) is 10.6. The lowest BCUT2D eigenvalue weighted by Crippen LogP contribution is -1.98. The number of para-hydroxylation sites is 6. The fraction of sp³-hybridized carbons (Fsp3) is 0. The van der Waals surface area contributed by atoms with Crippen LogP contribution in [0.5, 0.6) is 0 Å². The number of rotatable bonds is 5. The Morgan fingerprint density at radius 1 is 0.308 bits per heavy atom. The monoisotopic (exact) mass is 827 g/mol. The lowest BCUT2D eigenvalue weighted by molar-refractivity contribution is 1.17. The molecule has 0 fully saturated rings. The summed E-state index contributed by atoms with van der Waals surface area (Å²) in [6, 6.07) is 80.7. The highest BCUT2D eigenvalue weighted by Gasteiger charge is 2.21. The van der Waals surface area contributed by atoms with Crippen molar-refractivity contribution in [1.82, 2.24) is 23.7 Å². The fourth-order valence-electron chi connectivity index (χ4n) is 10.6. The first-order valence-corrected chi connectivity index (χ1v) is 22.2. The molecule has 65 heavy (non-hydrogen) atoms. The summed E-state index contributed by atoms with van der Waals surface area (Å²) in [6.45, 7) is 0. The van der Waals surface area contributed by atoms with Crippen LogP contribution in [0.2, 0.25) is 0 Å². The second-order valence-electron chi connectivity index (χ2n) is 16.9. The molecule has 0 amide bonds. The van der Waals surface area contributed by atoms with Gasteiger partial charge >= 0.3 is 0 Å². The predicted molar refractivity (Wildman–Crippen MR) is 271 cm³/mol. The van der Waals surface area contributed by atoms with Crippen molar-refractivity contribution in [2.24, 2.45) is 0 Å². The zero-order valence-electron chi connectivity index (χ0n) is 35.1. The Balaban J connectivity index is 0.945. The van der Waals surface area contributed by atoms with Crippen LogP contribution in [-0.4, -0.2) is 23.7 Å². The van der Waals surface area contributed by atoms with Gasteiger partial charge in [-0.15, -0.1) is 0 Å². The summed E-state index contributed by atoms with van der Waals surface area (Å²) in [5.41, 5.74) is 14.3. The Bertz CT molecular complexity index is 4180. The van der Waals surface area contributed by atoms with E-state index in [0.29, 0.717) is 5.82 Å². The highest BCUT2D eigenvalue weighted by Crippen LogP contribution is 2.42. The lowest BCUT2D eigenvalue weighted by atomic mass is 10.00. The first-order chi connectivity index (χ1) is 32.3. The predicted octanol–water partition coefficient (Wildman–Crippen LogP) is 15.4. The average molecular weight is 828 g/mol. The zero-order chi connectivity index (χ0) is 42.6. The maximum Gasteiger partial charge on any atom is 0.160 e. The van der Waals surface area contributed by atoms with Gasteiger partial charge in [-0.05, 0) is 96.4 Å². The van der Waals surface area contributed by atoms with Gasteiger partial charge in [0.15, 0.2) is 5.82 Å². The van der Waals surface area contributed by atoms with Crippen LogP contribution in [0.4, 0.5) is 0 Å². The number of aromatic nitrogens is 5. The molecule has 4 aromatic heterocycles. The van der Waals surface area contributed by atoms with E-state index >= 15 is 0 Å². The Hall–Kier alpha value is -8.80. The molecule has 0 atom stereocenters. The minimum atomic E-state index is 0.693. The quantitative estimate of drug-likeness (QED) is 0.173. The molecule has 0 aliphatic carbocycles. The first-order valence-electron chi connectivity index (χ1n) is 22.2. The molecule has 0 N–H and O–H groups in total. The second-order valence-corrected chi connectivity index (χ2v) is 16.9. The van der Waals surface area contributed by atoms with E-state index < -0.39 is 0 Å². The smallest absolute Gasteiger partial charge is 0.160 e. The van der Waals surface area contributed by atoms with Crippen molar-refractivity contribution >= 4 is 87.1 Å². The summed E-state index contributed by atoms with van der Waals surface area (Å²) in [5, 5.41) is 10.8. The van der Waals surface area contributed by atoms with Gasteiger partial charge in [-0.1, -0.05) is 133 Å². The molecule has 0 aliphatic heterocycles. The van der Waals surface area contributed by atoms with Crippen molar-refractivity contribution in [2.45, 2.75) is 0 Å². The zero-order valence-corrected chi connectivity index (χ0v) is 35.1. The van der Waals surface area contributed by atoms with Crippen LogP contribution in [0, 0.1) is 0 Å². The van der Waals surface area contributed by atoms with Gasteiger partial charge in [-0.3, -0.25) is 0 Å². The van der Waals surface area contributed by atoms with Crippen LogP contribution in [0.25, 0.3) is 127 Å². The molecule has 302 valence electrons.